The third kappa shape index (κ3) is 3.63. The number of rotatable bonds is 5. The summed E-state index contributed by atoms with van der Waals surface area (Å²) in [5.41, 5.74) is 0.659. The Bertz CT molecular complexity index is 297. The second kappa shape index (κ2) is 6.56. The quantitative estimate of drug-likeness (QED) is 0.770. The summed E-state index contributed by atoms with van der Waals surface area (Å²) in [7, 11) is 0. The van der Waals surface area contributed by atoms with E-state index in [9.17, 15) is 4.79 Å². The van der Waals surface area contributed by atoms with E-state index in [-0.39, 0.29) is 5.91 Å². The van der Waals surface area contributed by atoms with Gasteiger partial charge < -0.3 is 4.90 Å². The van der Waals surface area contributed by atoms with Crippen molar-refractivity contribution in [1.29, 1.82) is 0 Å². The van der Waals surface area contributed by atoms with Crippen LogP contribution in [0.2, 0.25) is 0 Å². The molecule has 1 rings (SSSR count). The molecule has 0 aliphatic carbocycles. The van der Waals surface area contributed by atoms with Crippen LogP contribution in [-0.4, -0.2) is 34.2 Å². The van der Waals surface area contributed by atoms with Gasteiger partial charge >= 0.3 is 0 Å². The van der Waals surface area contributed by atoms with Crippen LogP contribution < -0.4 is 0 Å². The Balaban J connectivity index is 2.71. The molecule has 0 saturated heterocycles. The molecule has 0 bridgehead atoms. The van der Waals surface area contributed by atoms with Crippen molar-refractivity contribution in [2.75, 3.05) is 18.4 Å². The number of pyridine rings is 1. The van der Waals surface area contributed by atoms with Crippen molar-refractivity contribution in [1.82, 2.24) is 9.88 Å². The Morgan fingerprint density at radius 1 is 1.53 bits per heavy atom. The van der Waals surface area contributed by atoms with Crippen molar-refractivity contribution in [3.05, 3.63) is 30.1 Å². The SMILES string of the molecule is CCCN(CCBr)C(=O)c1cccnc1. The van der Waals surface area contributed by atoms with Gasteiger partial charge in [-0.25, -0.2) is 0 Å². The van der Waals surface area contributed by atoms with Gasteiger partial charge in [-0.05, 0) is 18.6 Å². The molecule has 0 aromatic carbocycles. The number of alkyl halides is 1. The Morgan fingerprint density at radius 3 is 2.87 bits per heavy atom. The van der Waals surface area contributed by atoms with E-state index in [1.165, 1.54) is 0 Å². The van der Waals surface area contributed by atoms with Crippen LogP contribution in [0.3, 0.4) is 0 Å². The summed E-state index contributed by atoms with van der Waals surface area (Å²) in [4.78, 5) is 17.8. The largest absolute Gasteiger partial charge is 0.338 e. The number of halogens is 1. The van der Waals surface area contributed by atoms with Crippen molar-refractivity contribution < 1.29 is 4.79 Å². The summed E-state index contributed by atoms with van der Waals surface area (Å²) in [5.74, 6) is 0.0596. The van der Waals surface area contributed by atoms with E-state index in [2.05, 4.69) is 27.8 Å². The highest BCUT2D eigenvalue weighted by Crippen LogP contribution is 2.04. The molecule has 0 saturated carbocycles. The lowest BCUT2D eigenvalue weighted by Crippen LogP contribution is -2.33. The monoisotopic (exact) mass is 270 g/mol. The highest BCUT2D eigenvalue weighted by Gasteiger charge is 2.13. The molecule has 0 radical (unpaired) electrons. The predicted molar refractivity (Wildman–Crippen MR) is 64.2 cm³/mol. The van der Waals surface area contributed by atoms with Gasteiger partial charge in [0.05, 0.1) is 5.56 Å². The van der Waals surface area contributed by atoms with Crippen molar-refractivity contribution in [3.8, 4) is 0 Å². The van der Waals surface area contributed by atoms with Gasteiger partial charge in [-0.2, -0.15) is 0 Å². The topological polar surface area (TPSA) is 33.2 Å². The molecule has 0 atom stereocenters. The first-order chi connectivity index (χ1) is 7.29. The molecular weight excluding hydrogens is 256 g/mol. The molecule has 0 spiro atoms. The summed E-state index contributed by atoms with van der Waals surface area (Å²) in [5, 5.41) is 0.805. The zero-order valence-electron chi connectivity index (χ0n) is 8.82. The van der Waals surface area contributed by atoms with Gasteiger partial charge in [0.1, 0.15) is 0 Å². The smallest absolute Gasteiger partial charge is 0.255 e. The van der Waals surface area contributed by atoms with Crippen molar-refractivity contribution in [2.45, 2.75) is 13.3 Å². The van der Waals surface area contributed by atoms with Crippen LogP contribution in [0.25, 0.3) is 0 Å². The molecule has 4 heteroatoms. The van der Waals surface area contributed by atoms with Gasteiger partial charge in [-0.1, -0.05) is 22.9 Å². The summed E-state index contributed by atoms with van der Waals surface area (Å²) < 4.78 is 0. The van der Waals surface area contributed by atoms with Crippen LogP contribution in [0.15, 0.2) is 24.5 Å². The average Bonchev–Trinajstić information content (AvgIpc) is 2.29. The second-order valence-corrected chi connectivity index (χ2v) is 4.02. The van der Waals surface area contributed by atoms with Gasteiger partial charge in [0.25, 0.3) is 5.91 Å². The minimum absolute atomic E-state index is 0.0596. The van der Waals surface area contributed by atoms with Crippen molar-refractivity contribution >= 4 is 21.8 Å². The molecule has 0 unspecified atom stereocenters. The fraction of sp³-hybridized carbons (Fsp3) is 0.455. The van der Waals surface area contributed by atoms with Crippen molar-refractivity contribution in [3.63, 3.8) is 0 Å². The summed E-state index contributed by atoms with van der Waals surface area (Å²) in [6.07, 6.45) is 4.25. The minimum Gasteiger partial charge on any atom is -0.338 e. The number of aromatic nitrogens is 1. The van der Waals surface area contributed by atoms with E-state index in [0.29, 0.717) is 5.56 Å². The van der Waals surface area contributed by atoms with Gasteiger partial charge in [0.15, 0.2) is 0 Å². The minimum atomic E-state index is 0.0596. The van der Waals surface area contributed by atoms with Crippen LogP contribution >= 0.6 is 15.9 Å². The third-order valence-corrected chi connectivity index (χ3v) is 2.40. The predicted octanol–water partition coefficient (Wildman–Crippen LogP) is 2.33. The normalized spacial score (nSPS) is 10.0. The van der Waals surface area contributed by atoms with E-state index < -0.39 is 0 Å². The fourth-order valence-corrected chi connectivity index (χ4v) is 1.79. The van der Waals surface area contributed by atoms with Crippen LogP contribution in [-0.2, 0) is 0 Å². The molecule has 0 fully saturated rings. The van der Waals surface area contributed by atoms with Crippen LogP contribution in [0.5, 0.6) is 0 Å². The first-order valence-corrected chi connectivity index (χ1v) is 6.17. The molecule has 1 heterocycles. The molecule has 1 aromatic rings. The Hall–Kier alpha value is -0.900. The van der Waals surface area contributed by atoms with Crippen LogP contribution in [0.1, 0.15) is 23.7 Å². The van der Waals surface area contributed by atoms with Gasteiger partial charge in [0.2, 0.25) is 0 Å². The number of carbonyl (C=O) groups is 1. The number of hydrogen-bond donors (Lipinski definition) is 0. The van der Waals surface area contributed by atoms with E-state index in [1.807, 2.05) is 4.90 Å². The summed E-state index contributed by atoms with van der Waals surface area (Å²) in [6.45, 7) is 3.60. The number of amides is 1. The van der Waals surface area contributed by atoms with Crippen LogP contribution in [0.4, 0.5) is 0 Å². The maximum atomic E-state index is 12.0. The molecule has 0 aliphatic heterocycles. The fourth-order valence-electron chi connectivity index (χ4n) is 1.36. The first-order valence-electron chi connectivity index (χ1n) is 5.04. The first kappa shape index (κ1) is 12.2. The second-order valence-electron chi connectivity index (χ2n) is 3.22. The zero-order chi connectivity index (χ0) is 11.1. The summed E-state index contributed by atoms with van der Waals surface area (Å²) in [6, 6.07) is 3.58. The van der Waals surface area contributed by atoms with Crippen molar-refractivity contribution in [2.24, 2.45) is 0 Å². The lowest BCUT2D eigenvalue weighted by molar-refractivity contribution is 0.0766. The standard InChI is InChI=1S/C11H15BrN2O/c1-2-7-14(8-5-12)11(15)10-4-3-6-13-9-10/h3-4,6,9H,2,5,7-8H2,1H3. The Morgan fingerprint density at radius 2 is 2.33 bits per heavy atom. The zero-order valence-corrected chi connectivity index (χ0v) is 10.4. The lowest BCUT2D eigenvalue weighted by atomic mass is 10.2. The maximum Gasteiger partial charge on any atom is 0.255 e. The van der Waals surface area contributed by atoms with Gasteiger partial charge in [-0.15, -0.1) is 0 Å². The highest BCUT2D eigenvalue weighted by atomic mass is 79.9. The van der Waals surface area contributed by atoms with E-state index >= 15 is 0 Å². The number of nitrogens with zero attached hydrogens (tertiary/aromatic N) is 2. The molecule has 1 amide bonds. The van der Waals surface area contributed by atoms with Gasteiger partial charge in [-0.3, -0.25) is 9.78 Å². The molecule has 82 valence electrons. The van der Waals surface area contributed by atoms with E-state index in [4.69, 9.17) is 0 Å². The molecule has 1 aromatic heterocycles. The number of carbonyl (C=O) groups excluding carboxylic acids is 1. The van der Waals surface area contributed by atoms with E-state index in [1.54, 1.807) is 24.5 Å². The maximum absolute atomic E-state index is 12.0. The molecule has 3 nitrogen and oxygen atoms in total. The Kier molecular flexibility index (Phi) is 5.32. The van der Waals surface area contributed by atoms with Crippen LogP contribution in [0, 0.1) is 0 Å². The third-order valence-electron chi connectivity index (χ3n) is 2.04. The molecule has 0 aliphatic rings. The molecule has 15 heavy (non-hydrogen) atoms. The lowest BCUT2D eigenvalue weighted by Gasteiger charge is -2.20. The van der Waals surface area contributed by atoms with Gasteiger partial charge in [0, 0.05) is 30.8 Å². The Labute approximate surface area is 98.6 Å². The molecular formula is C11H15BrN2O. The average molecular weight is 271 g/mol. The molecule has 0 N–H and O–H groups in total. The number of hydrogen-bond acceptors (Lipinski definition) is 2. The highest BCUT2D eigenvalue weighted by molar-refractivity contribution is 9.09. The summed E-state index contributed by atoms with van der Waals surface area (Å²) >= 11 is 3.35. The van der Waals surface area contributed by atoms with E-state index in [0.717, 1.165) is 24.8 Å².